The van der Waals surface area contributed by atoms with Crippen molar-refractivity contribution in [3.05, 3.63) is 36.5 Å². The lowest BCUT2D eigenvalue weighted by molar-refractivity contribution is 1.04. The van der Waals surface area contributed by atoms with Gasteiger partial charge >= 0.3 is 0 Å². The SMILES string of the molecule is O=c1[nH]c(-c2cc(Br)c(Cl)s2)nc2c1CSC2. The van der Waals surface area contributed by atoms with Gasteiger partial charge in [0.15, 0.2) is 5.82 Å². The maximum Gasteiger partial charge on any atom is 0.255 e. The number of nitrogens with one attached hydrogen (secondary N) is 1. The maximum atomic E-state index is 11.8. The molecule has 0 spiro atoms. The molecule has 0 radical (unpaired) electrons. The minimum absolute atomic E-state index is 0.0318. The molecule has 1 N–H and O–H groups in total. The van der Waals surface area contributed by atoms with Crippen LogP contribution in [-0.2, 0) is 11.5 Å². The summed E-state index contributed by atoms with van der Waals surface area (Å²) in [5.74, 6) is 2.17. The molecule has 3 heterocycles. The Bertz CT molecular complexity index is 633. The second-order valence-corrected chi connectivity index (χ2v) is 7.06. The number of hydrogen-bond acceptors (Lipinski definition) is 4. The van der Waals surface area contributed by atoms with Gasteiger partial charge in [-0.05, 0) is 22.0 Å². The van der Waals surface area contributed by atoms with Crippen molar-refractivity contribution in [3.63, 3.8) is 0 Å². The van der Waals surface area contributed by atoms with E-state index in [9.17, 15) is 4.79 Å². The Hall–Kier alpha value is -0.300. The summed E-state index contributed by atoms with van der Waals surface area (Å²) in [6.45, 7) is 0. The summed E-state index contributed by atoms with van der Waals surface area (Å²) in [5, 5.41) is 0. The Balaban J connectivity index is 2.16. The molecule has 0 unspecified atom stereocenters. The molecule has 1 aliphatic rings. The third-order valence-electron chi connectivity index (χ3n) is 2.46. The molecule has 2 aromatic rings. The van der Waals surface area contributed by atoms with E-state index in [0.717, 1.165) is 32.1 Å². The molecule has 0 saturated heterocycles. The maximum absolute atomic E-state index is 11.8. The Labute approximate surface area is 119 Å². The molecule has 17 heavy (non-hydrogen) atoms. The number of hydrogen-bond donors (Lipinski definition) is 1. The fourth-order valence-corrected chi connectivity index (χ4v) is 4.33. The summed E-state index contributed by atoms with van der Waals surface area (Å²) in [4.78, 5) is 20.0. The summed E-state index contributed by atoms with van der Waals surface area (Å²) in [7, 11) is 0. The second kappa shape index (κ2) is 4.42. The lowest BCUT2D eigenvalue weighted by Crippen LogP contribution is -2.14. The van der Waals surface area contributed by atoms with Crippen molar-refractivity contribution in [2.75, 3.05) is 0 Å². The highest BCUT2D eigenvalue weighted by Crippen LogP contribution is 2.37. The number of aromatic nitrogens is 2. The molecule has 3 nitrogen and oxygen atoms in total. The number of rotatable bonds is 1. The van der Waals surface area contributed by atoms with Gasteiger partial charge in [-0.2, -0.15) is 11.8 Å². The molecule has 1 aliphatic heterocycles. The average molecular weight is 350 g/mol. The molecule has 0 atom stereocenters. The van der Waals surface area contributed by atoms with Crippen molar-refractivity contribution in [1.29, 1.82) is 0 Å². The van der Waals surface area contributed by atoms with E-state index in [1.165, 1.54) is 11.3 Å². The number of thioether (sulfide) groups is 1. The first-order valence-corrected chi connectivity index (χ1v) is 7.94. The summed E-state index contributed by atoms with van der Waals surface area (Å²) < 4.78 is 1.49. The van der Waals surface area contributed by atoms with Crippen LogP contribution in [0.15, 0.2) is 15.3 Å². The highest BCUT2D eigenvalue weighted by atomic mass is 79.9. The Morgan fingerprint density at radius 3 is 3.00 bits per heavy atom. The molecule has 7 heteroatoms. The Morgan fingerprint density at radius 1 is 1.47 bits per heavy atom. The number of thiophene rings is 1. The van der Waals surface area contributed by atoms with Crippen molar-refractivity contribution in [1.82, 2.24) is 9.97 Å². The number of halogens is 2. The molecule has 0 amide bonds. The lowest BCUT2D eigenvalue weighted by Gasteiger charge is -2.00. The van der Waals surface area contributed by atoms with E-state index in [-0.39, 0.29) is 5.56 Å². The van der Waals surface area contributed by atoms with Crippen LogP contribution in [0.5, 0.6) is 0 Å². The van der Waals surface area contributed by atoms with Gasteiger partial charge in [0.05, 0.1) is 10.6 Å². The number of aromatic amines is 1. The smallest absolute Gasteiger partial charge is 0.255 e. The van der Waals surface area contributed by atoms with E-state index in [1.54, 1.807) is 11.8 Å². The predicted molar refractivity (Wildman–Crippen MR) is 75.9 cm³/mol. The van der Waals surface area contributed by atoms with E-state index in [2.05, 4.69) is 25.9 Å². The third kappa shape index (κ3) is 2.07. The van der Waals surface area contributed by atoms with Crippen LogP contribution in [0.4, 0.5) is 0 Å². The highest BCUT2D eigenvalue weighted by Gasteiger charge is 2.19. The van der Waals surface area contributed by atoms with Crippen LogP contribution in [0.1, 0.15) is 11.3 Å². The van der Waals surface area contributed by atoms with Crippen LogP contribution in [0, 0.1) is 0 Å². The van der Waals surface area contributed by atoms with Gasteiger partial charge in [-0.3, -0.25) is 4.79 Å². The molecule has 0 aliphatic carbocycles. The second-order valence-electron chi connectivity index (χ2n) is 3.56. The first-order chi connectivity index (χ1) is 8.15. The molecule has 0 fully saturated rings. The summed E-state index contributed by atoms with van der Waals surface area (Å²) in [5.41, 5.74) is 1.67. The van der Waals surface area contributed by atoms with Crippen LogP contribution < -0.4 is 5.56 Å². The standard InChI is InChI=1S/C10H6BrClN2OS2/c11-5-1-7(17-8(5)12)9-13-6-3-16-2-4(6)10(15)14-9/h1H,2-3H2,(H,13,14,15). The van der Waals surface area contributed by atoms with Crippen molar-refractivity contribution < 1.29 is 0 Å². The molecule has 2 aromatic heterocycles. The minimum Gasteiger partial charge on any atom is -0.306 e. The molecule has 3 rings (SSSR count). The summed E-state index contributed by atoms with van der Waals surface area (Å²) in [6, 6.07) is 1.87. The van der Waals surface area contributed by atoms with E-state index < -0.39 is 0 Å². The summed E-state index contributed by atoms with van der Waals surface area (Å²) >= 11 is 12.4. The van der Waals surface area contributed by atoms with Gasteiger partial charge < -0.3 is 4.98 Å². The number of H-pyrrole nitrogens is 1. The first-order valence-electron chi connectivity index (χ1n) is 4.80. The van der Waals surface area contributed by atoms with E-state index in [0.29, 0.717) is 10.2 Å². The fraction of sp³-hybridized carbons (Fsp3) is 0.200. The topological polar surface area (TPSA) is 45.8 Å². The molecular weight excluding hydrogens is 344 g/mol. The minimum atomic E-state index is -0.0318. The zero-order valence-electron chi connectivity index (χ0n) is 8.42. The monoisotopic (exact) mass is 348 g/mol. The van der Waals surface area contributed by atoms with Gasteiger partial charge in [0.25, 0.3) is 5.56 Å². The third-order valence-corrected chi connectivity index (χ3v) is 5.92. The quantitative estimate of drug-likeness (QED) is 0.854. The largest absolute Gasteiger partial charge is 0.306 e. The first kappa shape index (κ1) is 11.8. The van der Waals surface area contributed by atoms with Crippen LogP contribution in [0.2, 0.25) is 4.34 Å². The van der Waals surface area contributed by atoms with Crippen LogP contribution in [0.25, 0.3) is 10.7 Å². The van der Waals surface area contributed by atoms with Crippen molar-refractivity contribution in [3.8, 4) is 10.7 Å². The van der Waals surface area contributed by atoms with Crippen molar-refractivity contribution in [2.45, 2.75) is 11.5 Å². The van der Waals surface area contributed by atoms with Gasteiger partial charge in [0, 0.05) is 21.5 Å². The van der Waals surface area contributed by atoms with Gasteiger partial charge in [-0.1, -0.05) is 11.6 Å². The van der Waals surface area contributed by atoms with Crippen LogP contribution in [0.3, 0.4) is 0 Å². The van der Waals surface area contributed by atoms with Gasteiger partial charge in [0.2, 0.25) is 0 Å². The molecule has 88 valence electrons. The zero-order valence-corrected chi connectivity index (χ0v) is 12.4. The van der Waals surface area contributed by atoms with Crippen molar-refractivity contribution in [2.24, 2.45) is 0 Å². The van der Waals surface area contributed by atoms with Crippen LogP contribution >= 0.6 is 50.6 Å². The molecule has 0 aromatic carbocycles. The van der Waals surface area contributed by atoms with E-state index in [1.807, 2.05) is 6.07 Å². The number of fused-ring (bicyclic) bond motifs is 1. The molecule has 0 bridgehead atoms. The fourth-order valence-electron chi connectivity index (χ4n) is 1.64. The van der Waals surface area contributed by atoms with E-state index in [4.69, 9.17) is 11.6 Å². The average Bonchev–Trinajstić information content (AvgIpc) is 2.87. The van der Waals surface area contributed by atoms with Crippen LogP contribution in [-0.4, -0.2) is 9.97 Å². The van der Waals surface area contributed by atoms with E-state index >= 15 is 0 Å². The summed E-state index contributed by atoms with van der Waals surface area (Å²) in [6.07, 6.45) is 0. The Kier molecular flexibility index (Phi) is 3.06. The van der Waals surface area contributed by atoms with Crippen molar-refractivity contribution >= 4 is 50.6 Å². The molecular formula is C10H6BrClN2OS2. The predicted octanol–water partition coefficient (Wildman–Crippen LogP) is 3.66. The number of nitrogens with zero attached hydrogens (tertiary/aromatic N) is 1. The molecule has 0 saturated carbocycles. The van der Waals surface area contributed by atoms with Gasteiger partial charge in [-0.15, -0.1) is 11.3 Å². The lowest BCUT2D eigenvalue weighted by atomic mass is 10.2. The zero-order chi connectivity index (χ0) is 12.0. The van der Waals surface area contributed by atoms with Gasteiger partial charge in [0.1, 0.15) is 4.34 Å². The van der Waals surface area contributed by atoms with Gasteiger partial charge in [-0.25, -0.2) is 4.98 Å². The highest BCUT2D eigenvalue weighted by molar-refractivity contribution is 9.10. The normalized spacial score (nSPS) is 14.0. The Morgan fingerprint density at radius 2 is 2.29 bits per heavy atom.